The molecule has 0 amide bonds. The van der Waals surface area contributed by atoms with E-state index in [4.69, 9.17) is 4.74 Å². The van der Waals surface area contributed by atoms with Crippen LogP contribution in [0.3, 0.4) is 0 Å². The predicted octanol–water partition coefficient (Wildman–Crippen LogP) is 2.69. The fraction of sp³-hybridized carbons (Fsp3) is 0.400. The first kappa shape index (κ1) is 16.5. The Morgan fingerprint density at radius 1 is 1.32 bits per heavy atom. The predicted molar refractivity (Wildman–Crippen MR) is 76.4 cm³/mol. The maximum Gasteiger partial charge on any atom is 0.416 e. The van der Waals surface area contributed by atoms with E-state index in [9.17, 15) is 13.2 Å². The van der Waals surface area contributed by atoms with Gasteiger partial charge in [0.2, 0.25) is 0 Å². The third kappa shape index (κ3) is 4.57. The van der Waals surface area contributed by atoms with E-state index in [0.29, 0.717) is 31.8 Å². The molecule has 120 valence electrons. The number of nitrogens with zero attached hydrogens (tertiary/aromatic N) is 2. The highest BCUT2D eigenvalue weighted by molar-refractivity contribution is 5.26. The average Bonchev–Trinajstić information content (AvgIpc) is 2.90. The molecule has 0 spiro atoms. The summed E-state index contributed by atoms with van der Waals surface area (Å²) in [5.74, 6) is 0.772. The molecular formula is C15H18F3N3O. The van der Waals surface area contributed by atoms with Crippen LogP contribution < -0.4 is 5.32 Å². The first-order valence-corrected chi connectivity index (χ1v) is 6.86. The van der Waals surface area contributed by atoms with Crippen molar-refractivity contribution >= 4 is 0 Å². The second-order valence-electron chi connectivity index (χ2n) is 4.84. The number of rotatable bonds is 7. The van der Waals surface area contributed by atoms with E-state index in [1.165, 1.54) is 12.1 Å². The van der Waals surface area contributed by atoms with Gasteiger partial charge in [0.05, 0.1) is 18.7 Å². The Balaban J connectivity index is 2.04. The normalized spacial score (nSPS) is 11.8. The van der Waals surface area contributed by atoms with Crippen LogP contribution in [0, 0.1) is 0 Å². The molecule has 0 atom stereocenters. The van der Waals surface area contributed by atoms with Gasteiger partial charge in [0.15, 0.2) is 0 Å². The van der Waals surface area contributed by atoms with Crippen molar-refractivity contribution in [1.82, 2.24) is 14.9 Å². The summed E-state index contributed by atoms with van der Waals surface area (Å²) in [6.45, 7) is 2.17. The van der Waals surface area contributed by atoms with Gasteiger partial charge in [-0.15, -0.1) is 0 Å². The van der Waals surface area contributed by atoms with Crippen molar-refractivity contribution in [2.45, 2.75) is 19.3 Å². The fourth-order valence-corrected chi connectivity index (χ4v) is 2.07. The van der Waals surface area contributed by atoms with Crippen LogP contribution in [0.2, 0.25) is 0 Å². The second-order valence-corrected chi connectivity index (χ2v) is 4.84. The van der Waals surface area contributed by atoms with Gasteiger partial charge in [-0.2, -0.15) is 13.2 Å². The topological polar surface area (TPSA) is 39.1 Å². The molecule has 7 heteroatoms. The van der Waals surface area contributed by atoms with Crippen molar-refractivity contribution in [1.29, 1.82) is 0 Å². The van der Waals surface area contributed by atoms with E-state index in [2.05, 4.69) is 10.3 Å². The van der Waals surface area contributed by atoms with Gasteiger partial charge < -0.3 is 14.6 Å². The fourth-order valence-electron chi connectivity index (χ4n) is 2.07. The number of methoxy groups -OCH3 is 1. The zero-order chi connectivity index (χ0) is 16.0. The van der Waals surface area contributed by atoms with E-state index >= 15 is 0 Å². The number of ether oxygens (including phenoxy) is 1. The van der Waals surface area contributed by atoms with E-state index in [1.807, 2.05) is 4.57 Å². The summed E-state index contributed by atoms with van der Waals surface area (Å²) in [6.07, 6.45) is -0.927. The zero-order valence-corrected chi connectivity index (χ0v) is 12.2. The van der Waals surface area contributed by atoms with E-state index < -0.39 is 11.7 Å². The van der Waals surface area contributed by atoms with Gasteiger partial charge in [-0.3, -0.25) is 0 Å². The van der Waals surface area contributed by atoms with Crippen LogP contribution in [0.15, 0.2) is 36.7 Å². The maximum atomic E-state index is 12.7. The second kappa shape index (κ2) is 7.42. The minimum absolute atomic E-state index is 0.352. The Labute approximate surface area is 126 Å². The number of nitrogens with one attached hydrogen (secondary N) is 1. The smallest absolute Gasteiger partial charge is 0.383 e. The van der Waals surface area contributed by atoms with Crippen LogP contribution >= 0.6 is 0 Å². The Morgan fingerprint density at radius 2 is 2.14 bits per heavy atom. The largest absolute Gasteiger partial charge is 0.416 e. The molecule has 0 aliphatic heterocycles. The minimum atomic E-state index is -4.32. The summed E-state index contributed by atoms with van der Waals surface area (Å²) in [5.41, 5.74) is -0.0455. The molecule has 1 aromatic heterocycles. The van der Waals surface area contributed by atoms with Crippen LogP contribution in [0.1, 0.15) is 17.0 Å². The Kier molecular flexibility index (Phi) is 5.57. The van der Waals surface area contributed by atoms with Gasteiger partial charge >= 0.3 is 6.18 Å². The molecule has 0 aliphatic carbocycles. The van der Waals surface area contributed by atoms with Crippen molar-refractivity contribution in [2.75, 3.05) is 20.3 Å². The summed E-state index contributed by atoms with van der Waals surface area (Å²) < 4.78 is 44.9. The molecule has 0 radical (unpaired) electrons. The van der Waals surface area contributed by atoms with Gasteiger partial charge in [0, 0.05) is 32.6 Å². The van der Waals surface area contributed by atoms with Gasteiger partial charge in [-0.25, -0.2) is 4.98 Å². The Bertz CT molecular complexity index is 596. The summed E-state index contributed by atoms with van der Waals surface area (Å²) in [4.78, 5) is 4.22. The SMILES string of the molecule is COCCNCc1nccn1Cc1cccc(C(F)(F)F)c1. The Morgan fingerprint density at radius 3 is 2.86 bits per heavy atom. The molecule has 0 bridgehead atoms. The molecule has 2 rings (SSSR count). The lowest BCUT2D eigenvalue weighted by atomic mass is 10.1. The molecule has 0 saturated heterocycles. The molecular weight excluding hydrogens is 295 g/mol. The quantitative estimate of drug-likeness (QED) is 0.799. The number of hydrogen-bond acceptors (Lipinski definition) is 3. The number of alkyl halides is 3. The summed E-state index contributed by atoms with van der Waals surface area (Å²) >= 11 is 0. The standard InChI is InChI=1S/C15H18F3N3O/c1-22-8-6-19-10-14-20-5-7-21(14)11-12-3-2-4-13(9-12)15(16,17)18/h2-5,7,9,19H,6,8,10-11H2,1H3. The molecule has 22 heavy (non-hydrogen) atoms. The third-order valence-corrected chi connectivity index (χ3v) is 3.18. The van der Waals surface area contributed by atoms with Crippen molar-refractivity contribution in [3.63, 3.8) is 0 Å². The molecule has 4 nitrogen and oxygen atoms in total. The first-order chi connectivity index (χ1) is 10.5. The maximum absolute atomic E-state index is 12.7. The highest BCUT2D eigenvalue weighted by Gasteiger charge is 2.30. The lowest BCUT2D eigenvalue weighted by Gasteiger charge is -2.11. The summed E-state index contributed by atoms with van der Waals surface area (Å²) in [7, 11) is 1.62. The number of imidazole rings is 1. The monoisotopic (exact) mass is 313 g/mol. The van der Waals surface area contributed by atoms with Crippen molar-refractivity contribution in [3.8, 4) is 0 Å². The first-order valence-electron chi connectivity index (χ1n) is 6.86. The molecule has 1 aromatic carbocycles. The molecule has 2 aromatic rings. The molecule has 0 unspecified atom stereocenters. The van der Waals surface area contributed by atoms with E-state index in [0.717, 1.165) is 11.9 Å². The van der Waals surface area contributed by atoms with Gasteiger partial charge in [0.25, 0.3) is 0 Å². The highest BCUT2D eigenvalue weighted by atomic mass is 19.4. The van der Waals surface area contributed by atoms with Gasteiger partial charge in [-0.05, 0) is 17.7 Å². The van der Waals surface area contributed by atoms with E-state index in [-0.39, 0.29) is 0 Å². The lowest BCUT2D eigenvalue weighted by molar-refractivity contribution is -0.137. The average molecular weight is 313 g/mol. The summed E-state index contributed by atoms with van der Waals surface area (Å²) in [6, 6.07) is 5.34. The number of benzene rings is 1. The number of halogens is 3. The van der Waals surface area contributed by atoms with Gasteiger partial charge in [-0.1, -0.05) is 12.1 Å². The lowest BCUT2D eigenvalue weighted by Crippen LogP contribution is -2.21. The molecule has 1 N–H and O–H groups in total. The van der Waals surface area contributed by atoms with Crippen LogP contribution in [-0.4, -0.2) is 29.8 Å². The van der Waals surface area contributed by atoms with Crippen molar-refractivity contribution in [2.24, 2.45) is 0 Å². The van der Waals surface area contributed by atoms with Crippen LogP contribution in [-0.2, 0) is 24.0 Å². The Hall–Kier alpha value is -1.86. The third-order valence-electron chi connectivity index (χ3n) is 3.18. The number of hydrogen-bond donors (Lipinski definition) is 1. The minimum Gasteiger partial charge on any atom is -0.383 e. The van der Waals surface area contributed by atoms with Crippen LogP contribution in [0.25, 0.3) is 0 Å². The molecule has 1 heterocycles. The van der Waals surface area contributed by atoms with Crippen LogP contribution in [0.5, 0.6) is 0 Å². The zero-order valence-electron chi connectivity index (χ0n) is 12.2. The van der Waals surface area contributed by atoms with Crippen molar-refractivity contribution < 1.29 is 17.9 Å². The van der Waals surface area contributed by atoms with Crippen molar-refractivity contribution in [3.05, 3.63) is 53.6 Å². The highest BCUT2D eigenvalue weighted by Crippen LogP contribution is 2.29. The molecule has 0 saturated carbocycles. The number of aromatic nitrogens is 2. The van der Waals surface area contributed by atoms with E-state index in [1.54, 1.807) is 25.6 Å². The molecule has 0 aliphatic rings. The van der Waals surface area contributed by atoms with Crippen LogP contribution in [0.4, 0.5) is 13.2 Å². The summed E-state index contributed by atoms with van der Waals surface area (Å²) in [5, 5.41) is 3.16. The van der Waals surface area contributed by atoms with Gasteiger partial charge in [0.1, 0.15) is 5.82 Å². The molecule has 0 fully saturated rings.